The van der Waals surface area contributed by atoms with E-state index in [0.29, 0.717) is 30.2 Å². The summed E-state index contributed by atoms with van der Waals surface area (Å²) < 4.78 is 17.0. The molecule has 170 valence electrons. The van der Waals surface area contributed by atoms with E-state index in [0.717, 1.165) is 16.7 Å². The van der Waals surface area contributed by atoms with Crippen LogP contribution in [-0.4, -0.2) is 41.4 Å². The number of aryl methyl sites for hydroxylation is 1. The number of nitrogens with one attached hydrogen (secondary N) is 1. The van der Waals surface area contributed by atoms with Gasteiger partial charge in [0.25, 0.3) is 11.3 Å². The van der Waals surface area contributed by atoms with Gasteiger partial charge in [0.15, 0.2) is 11.5 Å². The van der Waals surface area contributed by atoms with E-state index < -0.39 is 0 Å². The molecule has 2 aromatic carbocycles. The van der Waals surface area contributed by atoms with Gasteiger partial charge < -0.3 is 19.3 Å². The number of ether oxygens (including phenoxy) is 2. The molecule has 33 heavy (non-hydrogen) atoms. The van der Waals surface area contributed by atoms with Gasteiger partial charge in [0.05, 0.1) is 14.2 Å². The number of rotatable bonds is 8. The molecular formula is C24H24N4O5. The van der Waals surface area contributed by atoms with Crippen LogP contribution in [0.25, 0.3) is 22.4 Å². The van der Waals surface area contributed by atoms with Crippen molar-refractivity contribution in [3.05, 3.63) is 70.3 Å². The predicted octanol–water partition coefficient (Wildman–Crippen LogP) is 2.74. The molecule has 0 unspecified atom stereocenters. The van der Waals surface area contributed by atoms with Gasteiger partial charge >= 0.3 is 0 Å². The molecule has 0 aliphatic heterocycles. The van der Waals surface area contributed by atoms with E-state index in [4.69, 9.17) is 14.0 Å². The second-order valence-corrected chi connectivity index (χ2v) is 7.54. The minimum Gasteiger partial charge on any atom is -0.493 e. The number of hydrogen-bond donors (Lipinski definition) is 1. The van der Waals surface area contributed by atoms with Crippen molar-refractivity contribution in [3.63, 3.8) is 0 Å². The van der Waals surface area contributed by atoms with Gasteiger partial charge in [-0.15, -0.1) is 0 Å². The van der Waals surface area contributed by atoms with Crippen molar-refractivity contribution < 1.29 is 18.8 Å². The van der Waals surface area contributed by atoms with Crippen molar-refractivity contribution in [2.45, 2.75) is 19.9 Å². The fourth-order valence-electron chi connectivity index (χ4n) is 3.49. The van der Waals surface area contributed by atoms with Crippen LogP contribution in [0.5, 0.6) is 11.5 Å². The summed E-state index contributed by atoms with van der Waals surface area (Å²) in [4.78, 5) is 29.6. The summed E-state index contributed by atoms with van der Waals surface area (Å²) in [6.45, 7) is 2.22. The van der Waals surface area contributed by atoms with Crippen LogP contribution in [0.4, 0.5) is 0 Å². The van der Waals surface area contributed by atoms with Crippen molar-refractivity contribution in [1.29, 1.82) is 0 Å². The van der Waals surface area contributed by atoms with Gasteiger partial charge in [-0.3, -0.25) is 14.2 Å². The first-order chi connectivity index (χ1) is 16.0. The molecule has 4 rings (SSSR count). The van der Waals surface area contributed by atoms with Crippen molar-refractivity contribution in [2.75, 3.05) is 20.8 Å². The molecule has 0 saturated carbocycles. The maximum atomic E-state index is 13.0. The molecule has 1 amide bonds. The van der Waals surface area contributed by atoms with Gasteiger partial charge in [-0.2, -0.15) is 0 Å². The Bertz CT molecular complexity index is 1340. The largest absolute Gasteiger partial charge is 0.493 e. The number of methoxy groups -OCH3 is 2. The Morgan fingerprint density at radius 1 is 1.09 bits per heavy atom. The highest BCUT2D eigenvalue weighted by molar-refractivity contribution is 5.88. The monoisotopic (exact) mass is 448 g/mol. The number of carbonyl (C=O) groups excluding carboxylic acids is 1. The van der Waals surface area contributed by atoms with Crippen LogP contribution in [-0.2, 0) is 17.8 Å². The molecule has 2 aromatic heterocycles. The summed E-state index contributed by atoms with van der Waals surface area (Å²) in [6.07, 6.45) is 1.89. The second kappa shape index (κ2) is 9.56. The molecule has 0 atom stereocenters. The van der Waals surface area contributed by atoms with Crippen LogP contribution in [0.2, 0.25) is 0 Å². The van der Waals surface area contributed by atoms with Crippen LogP contribution in [0.3, 0.4) is 0 Å². The van der Waals surface area contributed by atoms with Gasteiger partial charge in [-0.25, -0.2) is 4.98 Å². The Morgan fingerprint density at radius 3 is 2.58 bits per heavy atom. The predicted molar refractivity (Wildman–Crippen MR) is 122 cm³/mol. The van der Waals surface area contributed by atoms with Crippen molar-refractivity contribution in [3.8, 4) is 22.8 Å². The van der Waals surface area contributed by atoms with Gasteiger partial charge in [-0.1, -0.05) is 41.1 Å². The zero-order chi connectivity index (χ0) is 23.4. The third-order valence-corrected chi connectivity index (χ3v) is 5.29. The molecule has 0 radical (unpaired) electrons. The van der Waals surface area contributed by atoms with Crippen LogP contribution < -0.4 is 20.3 Å². The Morgan fingerprint density at radius 2 is 1.85 bits per heavy atom. The molecule has 9 nitrogen and oxygen atoms in total. The van der Waals surface area contributed by atoms with Gasteiger partial charge in [0.2, 0.25) is 5.91 Å². The minimum absolute atomic E-state index is 0.140. The Kier molecular flexibility index (Phi) is 6.39. The Hall–Kier alpha value is -4.14. The van der Waals surface area contributed by atoms with E-state index in [2.05, 4.69) is 15.5 Å². The van der Waals surface area contributed by atoms with Gasteiger partial charge in [0, 0.05) is 12.1 Å². The highest BCUT2D eigenvalue weighted by Gasteiger charge is 2.18. The third kappa shape index (κ3) is 4.72. The molecule has 0 spiro atoms. The summed E-state index contributed by atoms with van der Waals surface area (Å²) >= 11 is 0. The van der Waals surface area contributed by atoms with Crippen LogP contribution in [0, 0.1) is 6.92 Å². The highest BCUT2D eigenvalue weighted by Crippen LogP contribution is 2.27. The Balaban J connectivity index is 1.45. The number of aromatic nitrogens is 3. The molecule has 0 saturated heterocycles. The topological polar surface area (TPSA) is 108 Å². The summed E-state index contributed by atoms with van der Waals surface area (Å²) in [5, 5.41) is 7.09. The van der Waals surface area contributed by atoms with E-state index in [-0.39, 0.29) is 29.1 Å². The first-order valence-corrected chi connectivity index (χ1v) is 10.4. The summed E-state index contributed by atoms with van der Waals surface area (Å²) in [5.41, 5.74) is 2.99. The lowest BCUT2D eigenvalue weighted by atomic mass is 10.1. The molecule has 0 bridgehead atoms. The SMILES string of the molecule is COc1ccc(CCNC(=O)Cn2cnc3onc(-c4ccc(C)cc4)c3c2=O)cc1OC. The van der Waals surface area contributed by atoms with E-state index in [9.17, 15) is 9.59 Å². The molecular weight excluding hydrogens is 424 g/mol. The number of fused-ring (bicyclic) bond motifs is 1. The van der Waals surface area contributed by atoms with E-state index in [1.807, 2.05) is 49.4 Å². The third-order valence-electron chi connectivity index (χ3n) is 5.29. The van der Waals surface area contributed by atoms with Gasteiger partial charge in [0.1, 0.15) is 24.0 Å². The van der Waals surface area contributed by atoms with E-state index in [1.165, 1.54) is 10.9 Å². The van der Waals surface area contributed by atoms with Crippen molar-refractivity contribution >= 4 is 17.0 Å². The highest BCUT2D eigenvalue weighted by atomic mass is 16.5. The smallest absolute Gasteiger partial charge is 0.267 e. The second-order valence-electron chi connectivity index (χ2n) is 7.54. The van der Waals surface area contributed by atoms with Gasteiger partial charge in [-0.05, 0) is 31.0 Å². The minimum atomic E-state index is -0.383. The van der Waals surface area contributed by atoms with E-state index >= 15 is 0 Å². The molecule has 1 N–H and O–H groups in total. The van der Waals surface area contributed by atoms with Crippen LogP contribution in [0.1, 0.15) is 11.1 Å². The fraction of sp³-hybridized carbons (Fsp3) is 0.250. The zero-order valence-corrected chi connectivity index (χ0v) is 18.6. The molecule has 9 heteroatoms. The molecule has 4 aromatic rings. The molecule has 2 heterocycles. The van der Waals surface area contributed by atoms with Crippen molar-refractivity contribution in [1.82, 2.24) is 20.0 Å². The average Bonchev–Trinajstić information content (AvgIpc) is 3.26. The maximum absolute atomic E-state index is 13.0. The number of carbonyl (C=O) groups is 1. The van der Waals surface area contributed by atoms with Crippen LogP contribution in [0.15, 0.2) is 58.1 Å². The lowest BCUT2D eigenvalue weighted by Crippen LogP contribution is -2.33. The molecule has 0 aliphatic carbocycles. The summed E-state index contributed by atoms with van der Waals surface area (Å²) in [6, 6.07) is 13.2. The fourth-order valence-corrected chi connectivity index (χ4v) is 3.49. The first-order valence-electron chi connectivity index (χ1n) is 10.4. The lowest BCUT2D eigenvalue weighted by molar-refractivity contribution is -0.121. The normalized spacial score (nSPS) is 10.9. The first kappa shape index (κ1) is 22.1. The number of amides is 1. The Labute approximate surface area is 189 Å². The quantitative estimate of drug-likeness (QED) is 0.441. The number of nitrogens with zero attached hydrogens (tertiary/aromatic N) is 3. The maximum Gasteiger partial charge on any atom is 0.267 e. The number of hydrogen-bond acceptors (Lipinski definition) is 7. The van der Waals surface area contributed by atoms with Crippen molar-refractivity contribution in [2.24, 2.45) is 0 Å². The van der Waals surface area contributed by atoms with Crippen LogP contribution >= 0.6 is 0 Å². The number of benzene rings is 2. The zero-order valence-electron chi connectivity index (χ0n) is 18.6. The summed E-state index contributed by atoms with van der Waals surface area (Å²) in [7, 11) is 3.15. The molecule has 0 aliphatic rings. The average molecular weight is 448 g/mol. The lowest BCUT2D eigenvalue weighted by Gasteiger charge is -2.10. The van der Waals surface area contributed by atoms with E-state index in [1.54, 1.807) is 14.2 Å². The molecule has 0 fully saturated rings. The standard InChI is InChI=1S/C24H24N4O5/c1-15-4-7-17(8-5-15)22-21-23(33-27-22)26-14-28(24(21)30)13-20(29)25-11-10-16-6-9-18(31-2)19(12-16)32-3/h4-9,12,14H,10-11,13H2,1-3H3,(H,25,29). The summed E-state index contributed by atoms with van der Waals surface area (Å²) in [5.74, 6) is 0.976.